The van der Waals surface area contributed by atoms with Gasteiger partial charge in [-0.1, -0.05) is 19.1 Å². The Kier molecular flexibility index (Phi) is 6.90. The first-order valence-corrected chi connectivity index (χ1v) is 13.9. The zero-order chi connectivity index (χ0) is 28.2. The van der Waals surface area contributed by atoms with Crippen LogP contribution >= 0.6 is 0 Å². The molecule has 2 fully saturated rings. The number of Topliss-reactive ketones (excluding diaryl/α,β-unsaturated/α-hetero) is 1. The number of benzene rings is 1. The third-order valence-electron chi connectivity index (χ3n) is 6.89. The number of aromatic nitrogens is 3. The number of nitrogens with zero attached hydrogens (tertiary/aromatic N) is 3. The van der Waals surface area contributed by atoms with E-state index in [1.165, 1.54) is 35.1 Å². The SMILES string of the molecule is CC1(CC(=O)c2cnc3c(-c4cccc(OC(F)F)c4)nn(C4CCOC(C(F)(F)F)C4)c3c2)CS(=O)(=O)C1. The Morgan fingerprint density at radius 1 is 1.26 bits per heavy atom. The summed E-state index contributed by atoms with van der Waals surface area (Å²) >= 11 is 0. The molecule has 2 aliphatic heterocycles. The smallest absolute Gasteiger partial charge is 0.414 e. The summed E-state index contributed by atoms with van der Waals surface area (Å²) in [5.41, 5.74) is 0.562. The fourth-order valence-electron chi connectivity index (χ4n) is 5.30. The molecular formula is C25H24F5N3O5S. The molecule has 2 unspecified atom stereocenters. The predicted molar refractivity (Wildman–Crippen MR) is 129 cm³/mol. The summed E-state index contributed by atoms with van der Waals surface area (Å²) in [5.74, 6) is -0.712. The van der Waals surface area contributed by atoms with Gasteiger partial charge in [0, 0.05) is 42.2 Å². The highest BCUT2D eigenvalue weighted by Crippen LogP contribution is 2.39. The van der Waals surface area contributed by atoms with Gasteiger partial charge in [-0.05, 0) is 24.6 Å². The van der Waals surface area contributed by atoms with E-state index in [0.717, 1.165) is 0 Å². The molecule has 14 heteroatoms. The third-order valence-corrected chi connectivity index (χ3v) is 9.17. The first-order chi connectivity index (χ1) is 18.2. The van der Waals surface area contributed by atoms with Crippen molar-refractivity contribution in [3.63, 3.8) is 0 Å². The van der Waals surface area contributed by atoms with E-state index in [0.29, 0.717) is 5.56 Å². The van der Waals surface area contributed by atoms with Crippen molar-refractivity contribution in [1.29, 1.82) is 0 Å². The van der Waals surface area contributed by atoms with E-state index in [-0.39, 0.29) is 64.8 Å². The molecule has 2 atom stereocenters. The molecule has 0 N–H and O–H groups in total. The van der Waals surface area contributed by atoms with Crippen molar-refractivity contribution < 1.29 is 44.6 Å². The van der Waals surface area contributed by atoms with Gasteiger partial charge in [-0.2, -0.15) is 27.1 Å². The van der Waals surface area contributed by atoms with Crippen LogP contribution in [0.5, 0.6) is 5.75 Å². The number of hydrogen-bond acceptors (Lipinski definition) is 7. The van der Waals surface area contributed by atoms with Crippen molar-refractivity contribution in [3.8, 4) is 17.0 Å². The minimum Gasteiger partial charge on any atom is -0.435 e. The summed E-state index contributed by atoms with van der Waals surface area (Å²) in [7, 11) is -3.17. The maximum Gasteiger partial charge on any atom is 0.414 e. The van der Waals surface area contributed by atoms with Crippen molar-refractivity contribution in [1.82, 2.24) is 14.8 Å². The van der Waals surface area contributed by atoms with E-state index in [2.05, 4.69) is 14.8 Å². The van der Waals surface area contributed by atoms with Crippen LogP contribution in [0.2, 0.25) is 0 Å². The van der Waals surface area contributed by atoms with E-state index >= 15 is 0 Å². The van der Waals surface area contributed by atoms with Crippen LogP contribution in [0.3, 0.4) is 0 Å². The molecular weight excluding hydrogens is 549 g/mol. The summed E-state index contributed by atoms with van der Waals surface area (Å²) in [6.07, 6.45) is -5.52. The zero-order valence-electron chi connectivity index (χ0n) is 20.6. The van der Waals surface area contributed by atoms with Gasteiger partial charge in [0.25, 0.3) is 0 Å². The minimum atomic E-state index is -4.58. The minimum absolute atomic E-state index is 0.0408. The normalized spacial score (nSPS) is 22.5. The topological polar surface area (TPSA) is 100 Å². The second-order valence-corrected chi connectivity index (χ2v) is 12.4. The van der Waals surface area contributed by atoms with Crippen LogP contribution in [0.15, 0.2) is 36.5 Å². The van der Waals surface area contributed by atoms with Gasteiger partial charge >= 0.3 is 12.8 Å². The van der Waals surface area contributed by atoms with E-state index in [9.17, 15) is 35.2 Å². The summed E-state index contributed by atoms with van der Waals surface area (Å²) in [6, 6.07) is 6.42. The van der Waals surface area contributed by atoms with Crippen molar-refractivity contribution >= 4 is 26.7 Å². The molecule has 1 aromatic carbocycles. The Balaban J connectivity index is 1.56. The van der Waals surface area contributed by atoms with Crippen LogP contribution in [0.1, 0.15) is 42.6 Å². The van der Waals surface area contributed by atoms with Gasteiger partial charge in [-0.25, -0.2) is 8.42 Å². The molecule has 0 bridgehead atoms. The van der Waals surface area contributed by atoms with Gasteiger partial charge in [0.05, 0.1) is 23.1 Å². The number of hydrogen-bond donors (Lipinski definition) is 0. The first-order valence-electron chi connectivity index (χ1n) is 12.1. The summed E-state index contributed by atoms with van der Waals surface area (Å²) in [6.45, 7) is -1.52. The van der Waals surface area contributed by atoms with Crippen molar-refractivity contribution in [2.75, 3.05) is 18.1 Å². The molecule has 0 aliphatic carbocycles. The highest BCUT2D eigenvalue weighted by molar-refractivity contribution is 7.92. The number of alkyl halides is 5. The van der Waals surface area contributed by atoms with Crippen molar-refractivity contribution in [3.05, 3.63) is 42.1 Å². The lowest BCUT2D eigenvalue weighted by atomic mass is 9.86. The number of halogens is 5. The average molecular weight is 574 g/mol. The first kappa shape index (κ1) is 27.4. The van der Waals surface area contributed by atoms with Crippen LogP contribution < -0.4 is 4.74 Å². The Morgan fingerprint density at radius 3 is 2.67 bits per heavy atom. The van der Waals surface area contributed by atoms with E-state index in [1.807, 2.05) is 0 Å². The van der Waals surface area contributed by atoms with Gasteiger partial charge in [0.2, 0.25) is 0 Å². The molecule has 0 saturated carbocycles. The van der Waals surface area contributed by atoms with Gasteiger partial charge in [0.1, 0.15) is 17.0 Å². The van der Waals surface area contributed by atoms with Gasteiger partial charge in [0.15, 0.2) is 21.7 Å². The number of rotatable bonds is 7. The molecule has 0 spiro atoms. The number of ketones is 1. The number of sulfone groups is 1. The summed E-state index contributed by atoms with van der Waals surface area (Å²) in [5, 5.41) is 4.54. The standard InChI is InChI=1S/C25H24F5N3O5S/c1-24(12-39(35,36)13-24)10-19(34)15-8-18-22(31-11-15)21(14-3-2-4-17(7-14)38-23(26)27)32-33(18)16-5-6-37-20(9-16)25(28,29)30/h2-4,7-8,11,16,20,23H,5-6,9-10,12-13H2,1H3. The predicted octanol–water partition coefficient (Wildman–Crippen LogP) is 4.99. The maximum atomic E-state index is 13.5. The third kappa shape index (κ3) is 5.76. The second kappa shape index (κ2) is 9.81. The highest BCUT2D eigenvalue weighted by Gasteiger charge is 2.46. The number of pyridine rings is 1. The lowest BCUT2D eigenvalue weighted by Crippen LogP contribution is -2.47. The molecule has 210 valence electrons. The molecule has 3 aromatic rings. The molecule has 0 radical (unpaired) electrons. The van der Waals surface area contributed by atoms with Gasteiger partial charge < -0.3 is 9.47 Å². The fraction of sp³-hybridized carbons (Fsp3) is 0.480. The largest absolute Gasteiger partial charge is 0.435 e. The van der Waals surface area contributed by atoms with Crippen LogP contribution in [-0.2, 0) is 14.6 Å². The van der Waals surface area contributed by atoms with E-state index in [1.54, 1.807) is 13.0 Å². The Bertz CT molecular complexity index is 1510. The van der Waals surface area contributed by atoms with Gasteiger partial charge in [-0.3, -0.25) is 14.5 Å². The molecule has 2 aromatic heterocycles. The molecule has 2 aliphatic rings. The number of ether oxygens (including phenoxy) is 2. The molecule has 2 saturated heterocycles. The van der Waals surface area contributed by atoms with Crippen LogP contribution in [0.25, 0.3) is 22.3 Å². The van der Waals surface area contributed by atoms with Crippen LogP contribution in [0, 0.1) is 5.41 Å². The van der Waals surface area contributed by atoms with E-state index in [4.69, 9.17) is 4.74 Å². The van der Waals surface area contributed by atoms with E-state index < -0.39 is 46.6 Å². The van der Waals surface area contributed by atoms with Crippen molar-refractivity contribution in [2.45, 2.75) is 51.1 Å². The number of carbonyl (C=O) groups is 1. The molecule has 39 heavy (non-hydrogen) atoms. The quantitative estimate of drug-likeness (QED) is 0.290. The Labute approximate surface area is 220 Å². The van der Waals surface area contributed by atoms with Gasteiger partial charge in [-0.15, -0.1) is 0 Å². The molecule has 0 amide bonds. The Hall–Kier alpha value is -3.13. The molecule has 8 nitrogen and oxygen atoms in total. The number of carbonyl (C=O) groups excluding carboxylic acids is 1. The lowest BCUT2D eigenvalue weighted by molar-refractivity contribution is -0.234. The maximum absolute atomic E-state index is 13.5. The Morgan fingerprint density at radius 2 is 2.00 bits per heavy atom. The monoisotopic (exact) mass is 573 g/mol. The average Bonchev–Trinajstić information content (AvgIpc) is 3.21. The fourth-order valence-corrected chi connectivity index (χ4v) is 7.55. The highest BCUT2D eigenvalue weighted by atomic mass is 32.2. The molecule has 5 rings (SSSR count). The second-order valence-electron chi connectivity index (χ2n) is 10.3. The summed E-state index contributed by atoms with van der Waals surface area (Å²) in [4.78, 5) is 17.5. The van der Waals surface area contributed by atoms with Crippen LogP contribution in [-0.4, -0.2) is 66.0 Å². The summed E-state index contributed by atoms with van der Waals surface area (Å²) < 4.78 is 100. The zero-order valence-corrected chi connectivity index (χ0v) is 21.4. The lowest BCUT2D eigenvalue weighted by Gasteiger charge is -2.37. The molecule has 4 heterocycles. The van der Waals surface area contributed by atoms with Crippen LogP contribution in [0.4, 0.5) is 22.0 Å². The van der Waals surface area contributed by atoms with Crippen molar-refractivity contribution in [2.24, 2.45) is 5.41 Å². The number of fused-ring (bicyclic) bond motifs is 1.